The van der Waals surface area contributed by atoms with E-state index in [2.05, 4.69) is 0 Å². The summed E-state index contributed by atoms with van der Waals surface area (Å²) in [6.07, 6.45) is 0. The van der Waals surface area contributed by atoms with Gasteiger partial charge in [-0.3, -0.25) is 0 Å². The maximum absolute atomic E-state index is 11.5. The molecule has 0 radical (unpaired) electrons. The minimum atomic E-state index is -0.389. The van der Waals surface area contributed by atoms with Crippen LogP contribution in [0, 0.1) is 24.3 Å². The van der Waals surface area contributed by atoms with Crippen LogP contribution in [0.15, 0.2) is 0 Å². The molecule has 0 unspecified atom stereocenters. The molecular formula is C14H26N2O4S. The zero-order chi connectivity index (χ0) is 16.3. The fraction of sp³-hybridized carbons (Fsp3) is 0.714. The molecule has 0 fully saturated rings. The second-order valence-electron chi connectivity index (χ2n) is 6.16. The van der Waals surface area contributed by atoms with Crippen molar-refractivity contribution in [2.24, 2.45) is 0 Å². The average Bonchev–Trinajstić information content (AvgIpc) is 2.52. The third-order valence-electron chi connectivity index (χ3n) is 2.90. The van der Waals surface area contributed by atoms with Gasteiger partial charge in [-0.15, -0.1) is 11.3 Å². The van der Waals surface area contributed by atoms with E-state index < -0.39 is 0 Å². The molecule has 6 nitrogen and oxygen atoms in total. The Kier molecular flexibility index (Phi) is 6.01. The lowest BCUT2D eigenvalue weighted by molar-refractivity contribution is -0.840. The van der Waals surface area contributed by atoms with Crippen molar-refractivity contribution in [2.45, 2.75) is 13.8 Å². The van der Waals surface area contributed by atoms with E-state index in [1.165, 1.54) is 0 Å². The van der Waals surface area contributed by atoms with Gasteiger partial charge in [0, 0.05) is 9.75 Å². The monoisotopic (exact) mass is 318 g/mol. The number of nitrogens with zero attached hydrogens (tertiary/aromatic N) is 2. The first-order chi connectivity index (χ1) is 9.49. The van der Waals surface area contributed by atoms with Crippen LogP contribution in [0.4, 0.5) is 0 Å². The quantitative estimate of drug-likeness (QED) is 0.545. The van der Waals surface area contributed by atoms with Gasteiger partial charge in [0.15, 0.2) is 11.5 Å². The molecule has 0 bridgehead atoms. The second-order valence-corrected chi connectivity index (χ2v) is 7.59. The van der Waals surface area contributed by atoms with Crippen molar-refractivity contribution < 1.29 is 18.8 Å². The van der Waals surface area contributed by atoms with Gasteiger partial charge in [-0.05, 0) is 13.8 Å². The molecule has 1 heterocycles. The molecule has 0 aliphatic carbocycles. The Morgan fingerprint density at radius 2 is 1.14 bits per heavy atom. The van der Waals surface area contributed by atoms with Gasteiger partial charge in [-0.25, -0.2) is 0 Å². The number of aryl methyl sites for hydroxylation is 2. The van der Waals surface area contributed by atoms with E-state index >= 15 is 0 Å². The van der Waals surface area contributed by atoms with E-state index in [1.54, 1.807) is 39.5 Å². The summed E-state index contributed by atoms with van der Waals surface area (Å²) in [5.74, 6) is 1.39. The van der Waals surface area contributed by atoms with Crippen LogP contribution >= 0.6 is 11.3 Å². The predicted octanol–water partition coefficient (Wildman–Crippen LogP) is 2.27. The molecule has 0 aromatic carbocycles. The lowest BCUT2D eigenvalue weighted by Gasteiger charge is -2.33. The van der Waals surface area contributed by atoms with E-state index in [4.69, 9.17) is 9.47 Å². The topological polar surface area (TPSA) is 64.6 Å². The molecule has 0 N–H and O–H groups in total. The highest BCUT2D eigenvalue weighted by atomic mass is 32.1. The van der Waals surface area contributed by atoms with Crippen molar-refractivity contribution in [1.29, 1.82) is 0 Å². The predicted molar refractivity (Wildman–Crippen MR) is 85.5 cm³/mol. The van der Waals surface area contributed by atoms with E-state index in [1.807, 2.05) is 13.8 Å². The van der Waals surface area contributed by atoms with Crippen LogP contribution in [-0.4, -0.2) is 63.8 Å². The zero-order valence-corrected chi connectivity index (χ0v) is 14.6. The SMILES string of the molecule is Cc1sc(C)c(OCC[N+](C)(C)[O-])c1OCC[N+](C)(C)[O-]. The third kappa shape index (κ3) is 6.62. The van der Waals surface area contributed by atoms with Crippen LogP contribution in [0.3, 0.4) is 0 Å². The second kappa shape index (κ2) is 6.93. The maximum atomic E-state index is 11.5. The summed E-state index contributed by atoms with van der Waals surface area (Å²) in [5.41, 5.74) is 0. The van der Waals surface area contributed by atoms with Crippen LogP contribution in [0.1, 0.15) is 9.75 Å². The molecule has 21 heavy (non-hydrogen) atoms. The molecule has 0 spiro atoms. The van der Waals surface area contributed by atoms with E-state index in [9.17, 15) is 10.4 Å². The number of rotatable bonds is 8. The summed E-state index contributed by atoms with van der Waals surface area (Å²) < 4.78 is 10.7. The molecule has 0 atom stereocenters. The van der Waals surface area contributed by atoms with Crippen molar-refractivity contribution in [3.05, 3.63) is 20.2 Å². The Bertz CT molecular complexity index is 420. The Morgan fingerprint density at radius 3 is 1.43 bits per heavy atom. The molecule has 122 valence electrons. The van der Waals surface area contributed by atoms with Crippen LogP contribution in [0.25, 0.3) is 0 Å². The number of ether oxygens (including phenoxy) is 2. The van der Waals surface area contributed by atoms with Gasteiger partial charge in [0.2, 0.25) is 0 Å². The number of thiophene rings is 1. The highest BCUT2D eigenvalue weighted by Gasteiger charge is 2.17. The number of quaternary nitrogens is 2. The lowest BCUT2D eigenvalue weighted by atomic mass is 10.3. The van der Waals surface area contributed by atoms with Crippen molar-refractivity contribution in [3.63, 3.8) is 0 Å². The zero-order valence-electron chi connectivity index (χ0n) is 13.8. The molecule has 0 amide bonds. The van der Waals surface area contributed by atoms with Crippen molar-refractivity contribution in [2.75, 3.05) is 54.5 Å². The third-order valence-corrected chi connectivity index (χ3v) is 3.89. The first-order valence-electron chi connectivity index (χ1n) is 6.93. The van der Waals surface area contributed by atoms with Crippen LogP contribution in [0.2, 0.25) is 0 Å². The number of hydroxylamine groups is 6. The fourth-order valence-electron chi connectivity index (χ4n) is 1.71. The van der Waals surface area contributed by atoms with Gasteiger partial charge in [0.1, 0.15) is 26.3 Å². The average molecular weight is 318 g/mol. The van der Waals surface area contributed by atoms with Crippen LogP contribution in [-0.2, 0) is 0 Å². The molecule has 0 aliphatic rings. The lowest BCUT2D eigenvalue weighted by Crippen LogP contribution is -2.36. The number of hydrogen-bond acceptors (Lipinski definition) is 5. The Balaban J connectivity index is 2.66. The molecule has 1 rings (SSSR count). The largest absolute Gasteiger partial charge is 0.633 e. The fourth-order valence-corrected chi connectivity index (χ4v) is 2.66. The first-order valence-corrected chi connectivity index (χ1v) is 7.75. The van der Waals surface area contributed by atoms with Crippen LogP contribution in [0.5, 0.6) is 11.5 Å². The summed E-state index contributed by atoms with van der Waals surface area (Å²) in [5, 5.41) is 23.1. The molecular weight excluding hydrogens is 292 g/mol. The van der Waals surface area contributed by atoms with E-state index in [0.717, 1.165) is 9.75 Å². The maximum Gasteiger partial charge on any atom is 0.175 e. The summed E-state index contributed by atoms with van der Waals surface area (Å²) >= 11 is 1.60. The number of hydrogen-bond donors (Lipinski definition) is 0. The van der Waals surface area contributed by atoms with E-state index in [-0.39, 0.29) is 9.29 Å². The summed E-state index contributed by atoms with van der Waals surface area (Å²) in [7, 11) is 6.34. The molecule has 7 heteroatoms. The van der Waals surface area contributed by atoms with Crippen LogP contribution < -0.4 is 9.47 Å². The standard InChI is InChI=1S/C14H26N2O4S/c1-11-13(19-9-7-15(3,4)17)14(12(2)21-11)20-10-8-16(5,6)18/h7-10H2,1-6H3. The summed E-state index contributed by atoms with van der Waals surface area (Å²) in [6.45, 7) is 5.35. The first kappa shape index (κ1) is 18.2. The normalized spacial score (nSPS) is 12.6. The highest BCUT2D eigenvalue weighted by Crippen LogP contribution is 2.41. The summed E-state index contributed by atoms with van der Waals surface area (Å²) in [6, 6.07) is 0. The van der Waals surface area contributed by atoms with Gasteiger partial charge < -0.3 is 29.2 Å². The van der Waals surface area contributed by atoms with Gasteiger partial charge >= 0.3 is 0 Å². The van der Waals surface area contributed by atoms with Crippen molar-refractivity contribution in [1.82, 2.24) is 0 Å². The van der Waals surface area contributed by atoms with E-state index in [0.29, 0.717) is 37.8 Å². The molecule has 0 saturated heterocycles. The molecule has 1 aromatic rings. The Morgan fingerprint density at radius 1 is 0.810 bits per heavy atom. The van der Waals surface area contributed by atoms with Gasteiger partial charge in [-0.1, -0.05) is 0 Å². The smallest absolute Gasteiger partial charge is 0.175 e. The van der Waals surface area contributed by atoms with Gasteiger partial charge in [0.05, 0.1) is 28.2 Å². The molecule has 0 aliphatic heterocycles. The molecule has 1 aromatic heterocycles. The van der Waals surface area contributed by atoms with Gasteiger partial charge in [-0.2, -0.15) is 0 Å². The van der Waals surface area contributed by atoms with Crippen molar-refractivity contribution >= 4 is 11.3 Å². The Hall–Kier alpha value is -0.860. The van der Waals surface area contributed by atoms with Crippen molar-refractivity contribution in [3.8, 4) is 11.5 Å². The number of likely N-dealkylation sites (N-methyl/N-ethyl adjacent to an activating group) is 2. The van der Waals surface area contributed by atoms with Gasteiger partial charge in [0.25, 0.3) is 0 Å². The summed E-state index contributed by atoms with van der Waals surface area (Å²) in [4.78, 5) is 2.05. The minimum Gasteiger partial charge on any atom is -0.633 e. The minimum absolute atomic E-state index is 0.340. The highest BCUT2D eigenvalue weighted by molar-refractivity contribution is 7.12. The Labute approximate surface area is 130 Å². The molecule has 0 saturated carbocycles.